The highest BCUT2D eigenvalue weighted by atomic mass is 79.9. The number of piperidine rings is 1. The molecule has 0 saturated carbocycles. The minimum absolute atomic E-state index is 0.224. The fourth-order valence-corrected chi connectivity index (χ4v) is 4.32. The largest absolute Gasteiger partial charge is 0.366 e. The lowest BCUT2D eigenvalue weighted by molar-refractivity contribution is -0.120. The van der Waals surface area contributed by atoms with E-state index in [1.807, 2.05) is 43.3 Å². The van der Waals surface area contributed by atoms with Gasteiger partial charge in [0.05, 0.1) is 11.3 Å². The molecule has 0 spiro atoms. The molecular formula is C23H23BrN2O2. The van der Waals surface area contributed by atoms with E-state index in [1.54, 1.807) is 6.07 Å². The van der Waals surface area contributed by atoms with Crippen molar-refractivity contribution in [3.8, 4) is 0 Å². The van der Waals surface area contributed by atoms with Gasteiger partial charge in [0, 0.05) is 17.6 Å². The first-order valence-electron chi connectivity index (χ1n) is 9.68. The highest BCUT2D eigenvalue weighted by molar-refractivity contribution is 9.10. The van der Waals surface area contributed by atoms with Crippen molar-refractivity contribution < 1.29 is 9.59 Å². The predicted molar refractivity (Wildman–Crippen MR) is 115 cm³/mol. The Bertz CT molecular complexity index is 990. The molecule has 0 unspecified atom stereocenters. The van der Waals surface area contributed by atoms with Crippen LogP contribution in [-0.2, 0) is 9.59 Å². The van der Waals surface area contributed by atoms with Crippen molar-refractivity contribution in [1.29, 1.82) is 0 Å². The van der Waals surface area contributed by atoms with Gasteiger partial charge < -0.3 is 4.90 Å². The van der Waals surface area contributed by atoms with Crippen LogP contribution in [-0.4, -0.2) is 29.8 Å². The van der Waals surface area contributed by atoms with E-state index >= 15 is 0 Å². The van der Waals surface area contributed by atoms with E-state index in [0.29, 0.717) is 17.0 Å². The summed E-state index contributed by atoms with van der Waals surface area (Å²) in [6.07, 6.45) is 3.25. The molecule has 2 aliphatic rings. The van der Waals surface area contributed by atoms with Gasteiger partial charge >= 0.3 is 0 Å². The number of hydrogen-bond acceptors (Lipinski definition) is 3. The monoisotopic (exact) mass is 438 g/mol. The number of aryl methyl sites for hydroxylation is 2. The molecule has 0 bridgehead atoms. The average molecular weight is 439 g/mol. The third-order valence-corrected chi connectivity index (χ3v) is 6.09. The van der Waals surface area contributed by atoms with Crippen molar-refractivity contribution >= 4 is 39.0 Å². The van der Waals surface area contributed by atoms with Gasteiger partial charge in [-0.05, 0) is 68.0 Å². The Hall–Kier alpha value is -2.40. The number of rotatable bonds is 3. The minimum atomic E-state index is -0.244. The molecule has 2 heterocycles. The maximum atomic E-state index is 13.5. The molecule has 4 rings (SSSR count). The third kappa shape index (κ3) is 3.28. The van der Waals surface area contributed by atoms with Crippen LogP contribution in [0.3, 0.4) is 0 Å². The Kier molecular flexibility index (Phi) is 5.11. The first kappa shape index (κ1) is 18.9. The minimum Gasteiger partial charge on any atom is -0.366 e. The van der Waals surface area contributed by atoms with Gasteiger partial charge in [-0.15, -0.1) is 0 Å². The van der Waals surface area contributed by atoms with Gasteiger partial charge in [-0.3, -0.25) is 9.59 Å². The second kappa shape index (κ2) is 7.55. The summed E-state index contributed by atoms with van der Waals surface area (Å²) in [6, 6.07) is 13.3. The lowest BCUT2D eigenvalue weighted by Gasteiger charge is -2.29. The van der Waals surface area contributed by atoms with Crippen LogP contribution in [0.25, 0.3) is 5.57 Å². The van der Waals surface area contributed by atoms with Crippen molar-refractivity contribution in [2.75, 3.05) is 18.0 Å². The second-order valence-corrected chi connectivity index (χ2v) is 8.41. The molecule has 28 heavy (non-hydrogen) atoms. The fourth-order valence-electron chi connectivity index (χ4n) is 3.94. The Labute approximate surface area is 174 Å². The number of hydrogen-bond donors (Lipinski definition) is 0. The van der Waals surface area contributed by atoms with Gasteiger partial charge in [0.25, 0.3) is 11.8 Å². The Morgan fingerprint density at radius 2 is 1.61 bits per heavy atom. The van der Waals surface area contributed by atoms with Gasteiger partial charge in [0.1, 0.15) is 5.70 Å². The molecule has 0 aromatic heterocycles. The van der Waals surface area contributed by atoms with Gasteiger partial charge in [-0.1, -0.05) is 40.2 Å². The molecule has 144 valence electrons. The highest BCUT2D eigenvalue weighted by Gasteiger charge is 2.42. The second-order valence-electron chi connectivity index (χ2n) is 7.50. The SMILES string of the molecule is Cc1ccc(C2=C(N3CCCCC3)C(=O)N(c3cccc(Br)c3)C2=O)cc1C. The zero-order valence-corrected chi connectivity index (χ0v) is 17.8. The molecule has 2 aromatic rings. The smallest absolute Gasteiger partial charge is 0.282 e. The number of anilines is 1. The Morgan fingerprint density at radius 1 is 0.857 bits per heavy atom. The van der Waals surface area contributed by atoms with Gasteiger partial charge in [-0.2, -0.15) is 0 Å². The van der Waals surface area contributed by atoms with Crippen molar-refractivity contribution in [2.24, 2.45) is 0 Å². The van der Waals surface area contributed by atoms with Crippen LogP contribution in [0.2, 0.25) is 0 Å². The van der Waals surface area contributed by atoms with Crippen molar-refractivity contribution in [3.63, 3.8) is 0 Å². The summed E-state index contributed by atoms with van der Waals surface area (Å²) in [5, 5.41) is 0. The summed E-state index contributed by atoms with van der Waals surface area (Å²) in [5.41, 5.74) is 4.77. The predicted octanol–water partition coefficient (Wildman–Crippen LogP) is 4.84. The highest BCUT2D eigenvalue weighted by Crippen LogP contribution is 2.36. The molecule has 0 atom stereocenters. The number of imide groups is 1. The maximum absolute atomic E-state index is 13.5. The van der Waals surface area contributed by atoms with E-state index in [1.165, 1.54) is 16.9 Å². The van der Waals surface area contributed by atoms with Crippen molar-refractivity contribution in [3.05, 3.63) is 69.3 Å². The average Bonchev–Trinajstić information content (AvgIpc) is 2.95. The van der Waals surface area contributed by atoms with Gasteiger partial charge in [-0.25, -0.2) is 4.90 Å². The van der Waals surface area contributed by atoms with Crippen LogP contribution in [0.15, 0.2) is 52.6 Å². The van der Waals surface area contributed by atoms with Gasteiger partial charge in [0.2, 0.25) is 0 Å². The molecule has 0 aliphatic carbocycles. The molecule has 2 aliphatic heterocycles. The number of likely N-dealkylation sites (tertiary alicyclic amines) is 1. The van der Waals surface area contributed by atoms with E-state index in [-0.39, 0.29) is 11.8 Å². The van der Waals surface area contributed by atoms with Crippen LogP contribution in [0.5, 0.6) is 0 Å². The summed E-state index contributed by atoms with van der Waals surface area (Å²) in [7, 11) is 0. The molecule has 0 N–H and O–H groups in total. The number of nitrogens with zero attached hydrogens (tertiary/aromatic N) is 2. The Balaban J connectivity index is 1.85. The lowest BCUT2D eigenvalue weighted by Crippen LogP contribution is -2.37. The molecule has 2 aromatic carbocycles. The van der Waals surface area contributed by atoms with Crippen LogP contribution < -0.4 is 4.90 Å². The Morgan fingerprint density at radius 3 is 2.29 bits per heavy atom. The molecular weight excluding hydrogens is 416 g/mol. The molecule has 2 amide bonds. The number of carbonyl (C=O) groups is 2. The van der Waals surface area contributed by atoms with E-state index < -0.39 is 0 Å². The first-order chi connectivity index (χ1) is 13.5. The summed E-state index contributed by atoms with van der Waals surface area (Å²) in [6.45, 7) is 5.71. The maximum Gasteiger partial charge on any atom is 0.282 e. The summed E-state index contributed by atoms with van der Waals surface area (Å²) >= 11 is 3.45. The zero-order valence-electron chi connectivity index (χ0n) is 16.2. The fraction of sp³-hybridized carbons (Fsp3) is 0.304. The van der Waals surface area contributed by atoms with E-state index in [2.05, 4.69) is 27.8 Å². The first-order valence-corrected chi connectivity index (χ1v) is 10.5. The summed E-state index contributed by atoms with van der Waals surface area (Å²) in [4.78, 5) is 30.4. The number of amides is 2. The molecule has 1 saturated heterocycles. The standard InChI is InChI=1S/C23H23BrN2O2/c1-15-9-10-17(13-16(15)2)20-21(25-11-4-3-5-12-25)23(28)26(22(20)27)19-8-6-7-18(24)14-19/h6-10,13-14H,3-5,11-12H2,1-2H3. The quantitative estimate of drug-likeness (QED) is 0.643. The molecule has 1 fully saturated rings. The summed E-state index contributed by atoms with van der Waals surface area (Å²) < 4.78 is 0.838. The van der Waals surface area contributed by atoms with Crippen LogP contribution in [0.4, 0.5) is 5.69 Å². The van der Waals surface area contributed by atoms with Crippen molar-refractivity contribution in [1.82, 2.24) is 4.90 Å². The number of halogens is 1. The molecule has 0 radical (unpaired) electrons. The summed E-state index contributed by atoms with van der Waals surface area (Å²) in [5.74, 6) is -0.467. The number of carbonyl (C=O) groups excluding carboxylic acids is 2. The normalized spacial score (nSPS) is 17.7. The van der Waals surface area contributed by atoms with Crippen LogP contribution in [0.1, 0.15) is 36.0 Å². The zero-order chi connectivity index (χ0) is 19.8. The van der Waals surface area contributed by atoms with E-state index in [4.69, 9.17) is 0 Å². The third-order valence-electron chi connectivity index (χ3n) is 5.59. The molecule has 5 heteroatoms. The van der Waals surface area contributed by atoms with E-state index in [9.17, 15) is 9.59 Å². The topological polar surface area (TPSA) is 40.6 Å². The van der Waals surface area contributed by atoms with Gasteiger partial charge in [0.15, 0.2) is 0 Å². The molecule has 4 nitrogen and oxygen atoms in total. The van der Waals surface area contributed by atoms with Crippen molar-refractivity contribution in [2.45, 2.75) is 33.1 Å². The lowest BCUT2D eigenvalue weighted by atomic mass is 9.98. The van der Waals surface area contributed by atoms with Crippen LogP contribution >= 0.6 is 15.9 Å². The van der Waals surface area contributed by atoms with Crippen LogP contribution in [0, 0.1) is 13.8 Å². The van der Waals surface area contributed by atoms with E-state index in [0.717, 1.165) is 41.5 Å². The number of benzene rings is 2.